The van der Waals surface area contributed by atoms with Gasteiger partial charge in [-0.05, 0) is 17.7 Å². The summed E-state index contributed by atoms with van der Waals surface area (Å²) in [6.45, 7) is 0. The molecule has 1 rings (SSSR count). The van der Waals surface area contributed by atoms with Crippen molar-refractivity contribution >= 4 is 17.9 Å². The summed E-state index contributed by atoms with van der Waals surface area (Å²) < 4.78 is 0. The van der Waals surface area contributed by atoms with Crippen molar-refractivity contribution in [3.63, 3.8) is 0 Å². The molecular weight excluding hydrogens is 192 g/mol. The molecule has 0 fully saturated rings. The normalized spacial score (nSPS) is 10.2. The Balaban J connectivity index is 0.00000225. The third-order valence-corrected chi connectivity index (χ3v) is 1.86. The highest BCUT2D eigenvalue weighted by atomic mass is 16.1. The van der Waals surface area contributed by atoms with Gasteiger partial charge in [0, 0.05) is 20.1 Å². The Morgan fingerprint density at radius 2 is 2.07 bits per heavy atom. The van der Waals surface area contributed by atoms with E-state index in [4.69, 9.17) is 5.73 Å². The van der Waals surface area contributed by atoms with E-state index in [0.29, 0.717) is 11.1 Å². The molecule has 0 aliphatic rings. The molecule has 2 amide bonds. The summed E-state index contributed by atoms with van der Waals surface area (Å²) in [6, 6.07) is 6.96. The summed E-state index contributed by atoms with van der Waals surface area (Å²) in [5.74, 6) is -0.735. The second-order valence-corrected chi connectivity index (χ2v) is 2.90. The van der Waals surface area contributed by atoms with Crippen LogP contribution < -0.4 is 11.1 Å². The van der Waals surface area contributed by atoms with Gasteiger partial charge in [0.2, 0.25) is 5.91 Å². The predicted molar refractivity (Wildman–Crippen MR) is 60.2 cm³/mol. The number of rotatable bonds is 3. The second kappa shape index (κ2) is 4.95. The zero-order valence-corrected chi connectivity index (χ0v) is 8.36. The van der Waals surface area contributed by atoms with Gasteiger partial charge in [0.1, 0.15) is 0 Å². The van der Waals surface area contributed by atoms with Gasteiger partial charge in [-0.15, -0.1) is 0 Å². The van der Waals surface area contributed by atoms with Gasteiger partial charge < -0.3 is 11.1 Å². The van der Waals surface area contributed by atoms with Crippen LogP contribution in [0.4, 0.5) is 0 Å². The largest absolute Gasteiger partial charge is 0.366 e. The Bertz CT molecular complexity index is 416. The van der Waals surface area contributed by atoms with Gasteiger partial charge in [0.25, 0.3) is 5.91 Å². The molecule has 0 radical (unpaired) electrons. The summed E-state index contributed by atoms with van der Waals surface area (Å²) in [6.07, 6.45) is 2.74. The zero-order chi connectivity index (χ0) is 11.3. The van der Waals surface area contributed by atoms with Gasteiger partial charge in [-0.3, -0.25) is 9.59 Å². The Morgan fingerprint density at radius 1 is 1.40 bits per heavy atom. The molecule has 0 saturated heterocycles. The van der Waals surface area contributed by atoms with Gasteiger partial charge in [-0.1, -0.05) is 18.2 Å². The molecule has 0 bridgehead atoms. The first kappa shape index (κ1) is 11.0. The van der Waals surface area contributed by atoms with Crippen molar-refractivity contribution < 1.29 is 11.0 Å². The van der Waals surface area contributed by atoms with Crippen molar-refractivity contribution in [1.82, 2.24) is 5.32 Å². The fourth-order valence-electron chi connectivity index (χ4n) is 1.16. The number of hydrogen-bond acceptors (Lipinski definition) is 2. The summed E-state index contributed by atoms with van der Waals surface area (Å²) in [5.41, 5.74) is 6.15. The van der Waals surface area contributed by atoms with Crippen LogP contribution in [0.25, 0.3) is 6.08 Å². The highest BCUT2D eigenvalue weighted by Gasteiger charge is 2.06. The molecule has 0 atom stereocenters. The van der Waals surface area contributed by atoms with Crippen LogP contribution in [-0.2, 0) is 4.79 Å². The van der Waals surface area contributed by atoms with Crippen molar-refractivity contribution in [2.24, 2.45) is 5.73 Å². The minimum Gasteiger partial charge on any atom is -0.366 e. The molecule has 4 heteroatoms. The van der Waals surface area contributed by atoms with Crippen LogP contribution in [0.1, 0.15) is 17.3 Å². The van der Waals surface area contributed by atoms with Crippen LogP contribution in [0.15, 0.2) is 30.3 Å². The lowest BCUT2D eigenvalue weighted by molar-refractivity contribution is -0.113. The van der Waals surface area contributed by atoms with Crippen LogP contribution >= 0.6 is 0 Å². The number of amides is 2. The molecule has 15 heavy (non-hydrogen) atoms. The molecule has 3 N–H and O–H groups in total. The summed E-state index contributed by atoms with van der Waals surface area (Å²) >= 11 is 0. The van der Waals surface area contributed by atoms with E-state index in [9.17, 15) is 9.59 Å². The molecule has 0 aromatic heterocycles. The van der Waals surface area contributed by atoms with E-state index in [1.54, 1.807) is 31.3 Å². The molecule has 0 spiro atoms. The summed E-state index contributed by atoms with van der Waals surface area (Å²) in [4.78, 5) is 22.0. The lowest BCUT2D eigenvalue weighted by atomic mass is 10.1. The summed E-state index contributed by atoms with van der Waals surface area (Å²) in [5, 5.41) is 2.52. The third kappa shape index (κ3) is 2.95. The zero-order valence-electron chi connectivity index (χ0n) is 8.36. The average molecular weight is 206 g/mol. The predicted octanol–water partition coefficient (Wildman–Crippen LogP) is 0.791. The maximum atomic E-state index is 11.4. The molecule has 0 aliphatic carbocycles. The topological polar surface area (TPSA) is 72.2 Å². The highest BCUT2D eigenvalue weighted by molar-refractivity contribution is 5.99. The molecule has 0 unspecified atom stereocenters. The Kier molecular flexibility index (Phi) is 3.62. The third-order valence-electron chi connectivity index (χ3n) is 1.86. The van der Waals surface area contributed by atoms with Crippen molar-refractivity contribution in [2.75, 3.05) is 7.05 Å². The summed E-state index contributed by atoms with van der Waals surface area (Å²) in [7, 11) is 1.55. The van der Waals surface area contributed by atoms with Crippen LogP contribution in [-0.4, -0.2) is 18.9 Å². The number of nitrogens with two attached hydrogens (primary N) is 1. The molecule has 1 aromatic rings. The Labute approximate surface area is 89.3 Å². The van der Waals surface area contributed by atoms with Gasteiger partial charge in [0.15, 0.2) is 0 Å². The van der Waals surface area contributed by atoms with Gasteiger partial charge >= 0.3 is 0 Å². The van der Waals surface area contributed by atoms with E-state index >= 15 is 0 Å². The molecule has 4 nitrogen and oxygen atoms in total. The minimum atomic E-state index is -0.540. The number of carbonyl (C=O) groups is 2. The Hall–Kier alpha value is -2.10. The maximum absolute atomic E-state index is 11.4. The van der Waals surface area contributed by atoms with Gasteiger partial charge in [-0.2, -0.15) is 0 Å². The quantitative estimate of drug-likeness (QED) is 0.718. The van der Waals surface area contributed by atoms with Crippen LogP contribution in [0, 0.1) is 0 Å². The Morgan fingerprint density at radius 3 is 2.67 bits per heavy atom. The molecule has 0 saturated carbocycles. The van der Waals surface area contributed by atoms with Crippen molar-refractivity contribution in [3.8, 4) is 0 Å². The fraction of sp³-hybridized carbons (Fsp3) is 0.0909. The number of hydrogen-bond donors (Lipinski definition) is 2. The maximum Gasteiger partial charge on any atom is 0.251 e. The van der Waals surface area contributed by atoms with E-state index in [0.717, 1.165) is 0 Å². The highest BCUT2D eigenvalue weighted by Crippen LogP contribution is 2.10. The molecule has 0 heterocycles. The molecule has 0 aliphatic heterocycles. The van der Waals surface area contributed by atoms with E-state index in [1.807, 2.05) is 0 Å². The minimum absolute atomic E-state index is 0. The number of benzene rings is 1. The molecular formula is C11H14N2O2. The van der Waals surface area contributed by atoms with E-state index in [-0.39, 0.29) is 7.33 Å². The first-order valence-corrected chi connectivity index (χ1v) is 4.43. The van der Waals surface area contributed by atoms with Crippen LogP contribution in [0.3, 0.4) is 0 Å². The molecule has 1 aromatic carbocycles. The SMILES string of the molecule is CNC(=O)c1ccccc1/C=C/C(N)=O.[HH]. The standard InChI is InChI=1S/C11H12N2O2.H2/c1-13-11(15)9-5-3-2-4-8(9)6-7-10(12)14;/h2-7H,1H3,(H2,12,14)(H,13,15);1H/b7-6+;. The smallest absolute Gasteiger partial charge is 0.251 e. The average Bonchev–Trinajstić information content (AvgIpc) is 2.25. The van der Waals surface area contributed by atoms with Crippen molar-refractivity contribution in [2.45, 2.75) is 0 Å². The molecule has 80 valence electrons. The van der Waals surface area contributed by atoms with Crippen LogP contribution in [0.2, 0.25) is 0 Å². The van der Waals surface area contributed by atoms with E-state index in [2.05, 4.69) is 5.32 Å². The lowest BCUT2D eigenvalue weighted by Crippen LogP contribution is -2.18. The van der Waals surface area contributed by atoms with E-state index < -0.39 is 5.91 Å². The van der Waals surface area contributed by atoms with Crippen molar-refractivity contribution in [1.29, 1.82) is 0 Å². The lowest BCUT2D eigenvalue weighted by Gasteiger charge is -2.03. The fourth-order valence-corrected chi connectivity index (χ4v) is 1.16. The monoisotopic (exact) mass is 206 g/mol. The first-order valence-electron chi connectivity index (χ1n) is 4.43. The number of carbonyl (C=O) groups excluding carboxylic acids is 2. The van der Waals surface area contributed by atoms with Crippen LogP contribution in [0.5, 0.6) is 0 Å². The van der Waals surface area contributed by atoms with Gasteiger partial charge in [0.05, 0.1) is 0 Å². The van der Waals surface area contributed by atoms with Crippen molar-refractivity contribution in [3.05, 3.63) is 41.5 Å². The van der Waals surface area contributed by atoms with Gasteiger partial charge in [-0.25, -0.2) is 0 Å². The first-order chi connectivity index (χ1) is 7.15. The number of primary amides is 1. The number of nitrogens with one attached hydrogen (secondary N) is 1. The van der Waals surface area contributed by atoms with E-state index in [1.165, 1.54) is 12.2 Å². The second-order valence-electron chi connectivity index (χ2n) is 2.90.